The van der Waals surface area contributed by atoms with E-state index < -0.39 is 0 Å². The van der Waals surface area contributed by atoms with Crippen LogP contribution >= 0.6 is 0 Å². The van der Waals surface area contributed by atoms with Crippen LogP contribution in [0.5, 0.6) is 0 Å². The maximum atomic E-state index is 11.0. The largest absolute Gasteiger partial charge is 0.340 e. The van der Waals surface area contributed by atoms with Gasteiger partial charge in [-0.15, -0.1) is 0 Å². The van der Waals surface area contributed by atoms with Crippen LogP contribution in [0.15, 0.2) is 48.0 Å². The molecule has 3 rings (SSSR count). The van der Waals surface area contributed by atoms with Gasteiger partial charge in [-0.05, 0) is 24.3 Å². The second-order valence-corrected chi connectivity index (χ2v) is 4.39. The number of pyridine rings is 2. The third kappa shape index (κ3) is 2.80. The van der Waals surface area contributed by atoms with Crippen LogP contribution in [0.25, 0.3) is 0 Å². The Bertz CT molecular complexity index is 636. The molecule has 3 heterocycles. The van der Waals surface area contributed by atoms with Crippen LogP contribution in [-0.4, -0.2) is 21.6 Å². The summed E-state index contributed by atoms with van der Waals surface area (Å²) >= 11 is 0. The van der Waals surface area contributed by atoms with Gasteiger partial charge in [0.15, 0.2) is 0 Å². The number of hydrogen-bond donors (Lipinski definition) is 2. The molecule has 0 atom stereocenters. The number of hydrazone groups is 1. The van der Waals surface area contributed by atoms with Gasteiger partial charge < -0.3 is 5.32 Å². The van der Waals surface area contributed by atoms with Crippen molar-refractivity contribution in [3.63, 3.8) is 0 Å². The SMILES string of the molecule is O=C1CCC(c2ccc(Nc3ccncc3)nc2)=NN1. The van der Waals surface area contributed by atoms with E-state index >= 15 is 0 Å². The third-order valence-electron chi connectivity index (χ3n) is 2.95. The van der Waals surface area contributed by atoms with E-state index in [1.165, 1.54) is 0 Å². The lowest BCUT2D eigenvalue weighted by Crippen LogP contribution is -2.25. The van der Waals surface area contributed by atoms with Crippen molar-refractivity contribution in [3.8, 4) is 0 Å². The molecule has 0 spiro atoms. The van der Waals surface area contributed by atoms with Crippen molar-refractivity contribution in [3.05, 3.63) is 48.4 Å². The van der Waals surface area contributed by atoms with Crippen molar-refractivity contribution in [2.24, 2.45) is 5.10 Å². The summed E-state index contributed by atoms with van der Waals surface area (Å²) in [6, 6.07) is 7.56. The Kier molecular flexibility index (Phi) is 3.36. The lowest BCUT2D eigenvalue weighted by molar-refractivity contribution is -0.121. The molecule has 1 aliphatic heterocycles. The van der Waals surface area contributed by atoms with Crippen molar-refractivity contribution in [1.29, 1.82) is 0 Å². The summed E-state index contributed by atoms with van der Waals surface area (Å²) in [5.74, 6) is 0.707. The van der Waals surface area contributed by atoms with E-state index in [2.05, 4.69) is 25.8 Å². The highest BCUT2D eigenvalue weighted by Gasteiger charge is 2.13. The molecule has 1 aliphatic rings. The smallest absolute Gasteiger partial charge is 0.240 e. The number of nitrogens with zero attached hydrogens (tertiary/aromatic N) is 3. The first-order valence-corrected chi connectivity index (χ1v) is 6.30. The highest BCUT2D eigenvalue weighted by atomic mass is 16.2. The van der Waals surface area contributed by atoms with Crippen molar-refractivity contribution in [1.82, 2.24) is 15.4 Å². The van der Waals surface area contributed by atoms with Gasteiger partial charge in [0.25, 0.3) is 0 Å². The standard InChI is InChI=1S/C14H13N5O/c20-14-4-2-12(18-19-14)10-1-3-13(16-9-10)17-11-5-7-15-8-6-11/h1,3,5-9H,2,4H2,(H,19,20)(H,15,16,17). The van der Waals surface area contributed by atoms with Crippen molar-refractivity contribution >= 4 is 23.1 Å². The summed E-state index contributed by atoms with van der Waals surface area (Å²) in [6.07, 6.45) is 6.30. The molecule has 0 aromatic carbocycles. The fraction of sp³-hybridized carbons (Fsp3) is 0.143. The van der Waals surface area contributed by atoms with Crippen LogP contribution in [0.4, 0.5) is 11.5 Å². The molecule has 1 amide bonds. The third-order valence-corrected chi connectivity index (χ3v) is 2.95. The predicted octanol–water partition coefficient (Wildman–Crippen LogP) is 1.83. The van der Waals surface area contributed by atoms with Crippen LogP contribution in [0.2, 0.25) is 0 Å². The van der Waals surface area contributed by atoms with Crippen molar-refractivity contribution in [2.75, 3.05) is 5.32 Å². The van der Waals surface area contributed by atoms with Gasteiger partial charge in [-0.25, -0.2) is 10.4 Å². The molecular formula is C14H13N5O. The number of aromatic nitrogens is 2. The van der Waals surface area contributed by atoms with Gasteiger partial charge in [0, 0.05) is 42.7 Å². The maximum absolute atomic E-state index is 11.0. The molecule has 2 N–H and O–H groups in total. The molecule has 100 valence electrons. The minimum Gasteiger partial charge on any atom is -0.340 e. The van der Waals surface area contributed by atoms with Gasteiger partial charge in [-0.1, -0.05) is 0 Å². The molecule has 20 heavy (non-hydrogen) atoms. The highest BCUT2D eigenvalue weighted by molar-refractivity contribution is 6.04. The molecule has 0 bridgehead atoms. The zero-order valence-electron chi connectivity index (χ0n) is 10.7. The molecule has 0 saturated heterocycles. The van der Waals surface area contributed by atoms with E-state index in [0.29, 0.717) is 12.8 Å². The quantitative estimate of drug-likeness (QED) is 0.889. The lowest BCUT2D eigenvalue weighted by Gasteiger charge is -2.12. The van der Waals surface area contributed by atoms with Crippen molar-refractivity contribution < 1.29 is 4.79 Å². The number of anilines is 2. The van der Waals surface area contributed by atoms with Crippen LogP contribution in [0.3, 0.4) is 0 Å². The monoisotopic (exact) mass is 267 g/mol. The summed E-state index contributed by atoms with van der Waals surface area (Å²) in [5.41, 5.74) is 5.19. The fourth-order valence-electron chi connectivity index (χ4n) is 1.90. The van der Waals surface area contributed by atoms with Gasteiger partial charge in [-0.3, -0.25) is 9.78 Å². The Morgan fingerprint density at radius 2 is 1.95 bits per heavy atom. The Morgan fingerprint density at radius 1 is 1.10 bits per heavy atom. The Hall–Kier alpha value is -2.76. The average Bonchev–Trinajstić information content (AvgIpc) is 2.50. The molecule has 0 saturated carbocycles. The second kappa shape index (κ2) is 5.48. The van der Waals surface area contributed by atoms with Gasteiger partial charge >= 0.3 is 0 Å². The summed E-state index contributed by atoms with van der Waals surface area (Å²) in [7, 11) is 0. The predicted molar refractivity (Wildman–Crippen MR) is 75.7 cm³/mol. The molecule has 0 fully saturated rings. The fourth-order valence-corrected chi connectivity index (χ4v) is 1.90. The van der Waals surface area contributed by atoms with Crippen LogP contribution < -0.4 is 10.7 Å². The first-order chi connectivity index (χ1) is 9.81. The minimum atomic E-state index is -0.0438. The number of rotatable bonds is 3. The van der Waals surface area contributed by atoms with E-state index in [0.717, 1.165) is 22.8 Å². The number of hydrogen-bond acceptors (Lipinski definition) is 5. The van der Waals surface area contributed by atoms with Gasteiger partial charge in [-0.2, -0.15) is 5.10 Å². The molecule has 0 radical (unpaired) electrons. The van der Waals surface area contributed by atoms with Gasteiger partial charge in [0.2, 0.25) is 5.91 Å². The van der Waals surface area contributed by atoms with E-state index in [4.69, 9.17) is 0 Å². The van der Waals surface area contributed by atoms with Crippen LogP contribution in [0, 0.1) is 0 Å². The van der Waals surface area contributed by atoms with Crippen molar-refractivity contribution in [2.45, 2.75) is 12.8 Å². The highest BCUT2D eigenvalue weighted by Crippen LogP contribution is 2.15. The van der Waals surface area contributed by atoms with E-state index in [1.807, 2.05) is 24.3 Å². The Labute approximate surface area is 116 Å². The normalized spacial score (nSPS) is 14.4. The molecule has 6 nitrogen and oxygen atoms in total. The molecule has 6 heteroatoms. The zero-order valence-corrected chi connectivity index (χ0v) is 10.7. The minimum absolute atomic E-state index is 0.0438. The molecule has 2 aromatic rings. The number of carbonyl (C=O) groups excluding carboxylic acids is 1. The average molecular weight is 267 g/mol. The van der Waals surface area contributed by atoms with E-state index in [1.54, 1.807) is 18.6 Å². The molecule has 0 aliphatic carbocycles. The summed E-state index contributed by atoms with van der Waals surface area (Å²) in [4.78, 5) is 19.3. The molecular weight excluding hydrogens is 254 g/mol. The maximum Gasteiger partial charge on any atom is 0.240 e. The second-order valence-electron chi connectivity index (χ2n) is 4.39. The molecule has 0 unspecified atom stereocenters. The van der Waals surface area contributed by atoms with Gasteiger partial charge in [0.05, 0.1) is 5.71 Å². The zero-order chi connectivity index (χ0) is 13.8. The Balaban J connectivity index is 1.73. The first-order valence-electron chi connectivity index (χ1n) is 6.30. The summed E-state index contributed by atoms with van der Waals surface area (Å²) < 4.78 is 0. The van der Waals surface area contributed by atoms with Crippen LogP contribution in [-0.2, 0) is 4.79 Å². The Morgan fingerprint density at radius 3 is 2.60 bits per heavy atom. The van der Waals surface area contributed by atoms with Gasteiger partial charge in [0.1, 0.15) is 5.82 Å². The first kappa shape index (κ1) is 12.3. The summed E-state index contributed by atoms with van der Waals surface area (Å²) in [5, 5.41) is 7.22. The van der Waals surface area contributed by atoms with Crippen LogP contribution in [0.1, 0.15) is 18.4 Å². The number of nitrogens with one attached hydrogen (secondary N) is 2. The number of carbonyl (C=O) groups is 1. The van der Waals surface area contributed by atoms with E-state index in [9.17, 15) is 4.79 Å². The molecule has 2 aromatic heterocycles. The summed E-state index contributed by atoms with van der Waals surface area (Å²) in [6.45, 7) is 0. The number of amides is 1. The lowest BCUT2D eigenvalue weighted by atomic mass is 10.1. The topological polar surface area (TPSA) is 79.3 Å². The van der Waals surface area contributed by atoms with E-state index in [-0.39, 0.29) is 5.91 Å².